The fraction of sp³-hybridized carbons (Fsp3) is 0.857. The van der Waals surface area contributed by atoms with Gasteiger partial charge in [0.1, 0.15) is 6.54 Å². The second-order valence-corrected chi connectivity index (χ2v) is 5.31. The molecule has 2 aliphatic rings. The van der Waals surface area contributed by atoms with Gasteiger partial charge in [-0.15, -0.1) is 0 Å². The fourth-order valence-corrected chi connectivity index (χ4v) is 2.99. The lowest BCUT2D eigenvalue weighted by Crippen LogP contribution is -2.51. The molecule has 6 nitrogen and oxygen atoms in total. The third-order valence-electron chi connectivity index (χ3n) is 3.92. The minimum Gasteiger partial charge on any atom is -0.465 e. The summed E-state index contributed by atoms with van der Waals surface area (Å²) in [6.45, 7) is 3.10. The van der Waals surface area contributed by atoms with Crippen molar-refractivity contribution in [2.24, 2.45) is 5.92 Å². The van der Waals surface area contributed by atoms with E-state index < -0.39 is 5.79 Å². The molecule has 1 unspecified atom stereocenters. The number of amides is 1. The number of esters is 1. The minimum absolute atomic E-state index is 0.0285. The van der Waals surface area contributed by atoms with Gasteiger partial charge in [-0.1, -0.05) is 6.42 Å². The molecule has 1 aliphatic carbocycles. The van der Waals surface area contributed by atoms with Gasteiger partial charge < -0.3 is 19.1 Å². The summed E-state index contributed by atoms with van der Waals surface area (Å²) >= 11 is 0. The normalized spacial score (nSPS) is 24.6. The van der Waals surface area contributed by atoms with Gasteiger partial charge in [-0.3, -0.25) is 9.59 Å². The highest BCUT2D eigenvalue weighted by atomic mass is 16.7. The van der Waals surface area contributed by atoms with Crippen LogP contribution >= 0.6 is 0 Å². The van der Waals surface area contributed by atoms with Crippen LogP contribution in [0.25, 0.3) is 0 Å². The van der Waals surface area contributed by atoms with Crippen molar-refractivity contribution in [2.75, 3.05) is 33.4 Å². The number of rotatable bonds is 4. The van der Waals surface area contributed by atoms with Gasteiger partial charge in [0.05, 0.1) is 25.7 Å². The van der Waals surface area contributed by atoms with E-state index in [1.807, 2.05) is 0 Å². The fourth-order valence-electron chi connectivity index (χ4n) is 2.99. The molecule has 0 aromatic carbocycles. The molecule has 1 spiro atoms. The Morgan fingerprint density at radius 2 is 2.00 bits per heavy atom. The van der Waals surface area contributed by atoms with Gasteiger partial charge in [0.15, 0.2) is 5.79 Å². The summed E-state index contributed by atoms with van der Waals surface area (Å²) in [5.41, 5.74) is 0. The molecule has 2 rings (SSSR count). The van der Waals surface area contributed by atoms with Crippen molar-refractivity contribution >= 4 is 11.9 Å². The van der Waals surface area contributed by atoms with Crippen LogP contribution in [0, 0.1) is 5.92 Å². The van der Waals surface area contributed by atoms with E-state index in [0.717, 1.165) is 25.7 Å². The summed E-state index contributed by atoms with van der Waals surface area (Å²) in [6.07, 6.45) is 3.48. The Morgan fingerprint density at radius 1 is 1.30 bits per heavy atom. The minimum atomic E-state index is -0.766. The summed E-state index contributed by atoms with van der Waals surface area (Å²) in [6, 6.07) is 0. The molecule has 1 saturated heterocycles. The van der Waals surface area contributed by atoms with Crippen molar-refractivity contribution in [3.63, 3.8) is 0 Å². The van der Waals surface area contributed by atoms with Crippen LogP contribution in [0.2, 0.25) is 0 Å². The highest BCUT2D eigenvalue weighted by Crippen LogP contribution is 2.41. The number of carbonyl (C=O) groups excluding carboxylic acids is 2. The molecule has 1 atom stereocenters. The van der Waals surface area contributed by atoms with E-state index in [0.29, 0.717) is 19.8 Å². The molecule has 6 heteroatoms. The summed E-state index contributed by atoms with van der Waals surface area (Å²) in [5, 5.41) is 0. The van der Waals surface area contributed by atoms with Gasteiger partial charge in [0, 0.05) is 13.5 Å². The van der Waals surface area contributed by atoms with E-state index in [1.165, 1.54) is 4.90 Å². The summed E-state index contributed by atoms with van der Waals surface area (Å²) < 4.78 is 16.3. The predicted octanol–water partition coefficient (Wildman–Crippen LogP) is 0.941. The van der Waals surface area contributed by atoms with Crippen molar-refractivity contribution < 1.29 is 23.8 Å². The number of likely N-dealkylation sites (N-methyl/N-ethyl adjacent to an activating group) is 1. The lowest BCUT2D eigenvalue weighted by atomic mass is 9.82. The highest BCUT2D eigenvalue weighted by molar-refractivity contribution is 5.84. The zero-order chi connectivity index (χ0) is 14.6. The standard InChI is InChI=1S/C14H23NO5/c1-3-18-12(16)10-15(2)13(17)11-6-4-5-7-14(11)19-8-9-20-14/h11H,3-10H2,1-2H3. The van der Waals surface area contributed by atoms with Crippen molar-refractivity contribution in [3.05, 3.63) is 0 Å². The van der Waals surface area contributed by atoms with Gasteiger partial charge in [-0.25, -0.2) is 0 Å². The number of hydrogen-bond acceptors (Lipinski definition) is 5. The number of nitrogens with zero attached hydrogens (tertiary/aromatic N) is 1. The lowest BCUT2D eigenvalue weighted by Gasteiger charge is -2.39. The van der Waals surface area contributed by atoms with E-state index in [2.05, 4.69) is 0 Å². The molecular formula is C14H23NO5. The van der Waals surface area contributed by atoms with Crippen LogP contribution in [-0.2, 0) is 23.8 Å². The van der Waals surface area contributed by atoms with Crippen molar-refractivity contribution in [2.45, 2.75) is 38.4 Å². The van der Waals surface area contributed by atoms with Crippen LogP contribution in [0.1, 0.15) is 32.6 Å². The summed E-state index contributed by atoms with van der Waals surface area (Å²) in [5.74, 6) is -1.57. The first-order valence-corrected chi connectivity index (χ1v) is 7.27. The first kappa shape index (κ1) is 15.3. The van der Waals surface area contributed by atoms with Crippen LogP contribution in [0.4, 0.5) is 0 Å². The quantitative estimate of drug-likeness (QED) is 0.719. The summed E-state index contributed by atoms with van der Waals surface area (Å²) in [7, 11) is 1.62. The van der Waals surface area contributed by atoms with Gasteiger partial charge in [0.2, 0.25) is 5.91 Å². The molecule has 0 bridgehead atoms. The molecule has 1 heterocycles. The Bertz CT molecular complexity index is 365. The van der Waals surface area contributed by atoms with E-state index in [9.17, 15) is 9.59 Å². The molecule has 1 aliphatic heterocycles. The maximum absolute atomic E-state index is 12.6. The Kier molecular flexibility index (Phi) is 4.99. The maximum Gasteiger partial charge on any atom is 0.325 e. The molecule has 1 saturated carbocycles. The average Bonchev–Trinajstić information content (AvgIpc) is 2.87. The SMILES string of the molecule is CCOC(=O)CN(C)C(=O)C1CCCCC12OCCO2. The Balaban J connectivity index is 2.00. The predicted molar refractivity (Wildman–Crippen MR) is 70.9 cm³/mol. The van der Waals surface area contributed by atoms with Crippen molar-refractivity contribution in [3.8, 4) is 0 Å². The van der Waals surface area contributed by atoms with Gasteiger partial charge in [-0.2, -0.15) is 0 Å². The molecule has 1 amide bonds. The maximum atomic E-state index is 12.6. The van der Waals surface area contributed by atoms with Crippen LogP contribution in [0.15, 0.2) is 0 Å². The molecule has 0 aromatic rings. The molecule has 20 heavy (non-hydrogen) atoms. The zero-order valence-corrected chi connectivity index (χ0v) is 12.2. The second-order valence-electron chi connectivity index (χ2n) is 5.31. The van der Waals surface area contributed by atoms with Crippen LogP contribution < -0.4 is 0 Å². The van der Waals surface area contributed by atoms with E-state index in [1.54, 1.807) is 14.0 Å². The monoisotopic (exact) mass is 285 g/mol. The van der Waals surface area contributed by atoms with Crippen molar-refractivity contribution in [1.82, 2.24) is 4.90 Å². The number of hydrogen-bond donors (Lipinski definition) is 0. The Labute approximate surface area is 119 Å². The third kappa shape index (κ3) is 3.12. The first-order chi connectivity index (χ1) is 9.59. The van der Waals surface area contributed by atoms with E-state index in [-0.39, 0.29) is 24.3 Å². The van der Waals surface area contributed by atoms with E-state index in [4.69, 9.17) is 14.2 Å². The average molecular weight is 285 g/mol. The largest absolute Gasteiger partial charge is 0.465 e. The van der Waals surface area contributed by atoms with Crippen LogP contribution in [0.5, 0.6) is 0 Å². The Hall–Kier alpha value is -1.14. The van der Waals surface area contributed by atoms with Crippen LogP contribution in [-0.4, -0.2) is 56.0 Å². The molecule has 2 fully saturated rings. The topological polar surface area (TPSA) is 65.1 Å². The molecule has 0 aromatic heterocycles. The molecule has 0 radical (unpaired) electrons. The molecule has 0 N–H and O–H groups in total. The van der Waals surface area contributed by atoms with E-state index >= 15 is 0 Å². The highest BCUT2D eigenvalue weighted by Gasteiger charge is 2.50. The van der Waals surface area contributed by atoms with Gasteiger partial charge in [-0.05, 0) is 19.8 Å². The number of carbonyl (C=O) groups is 2. The zero-order valence-electron chi connectivity index (χ0n) is 12.2. The molecular weight excluding hydrogens is 262 g/mol. The third-order valence-corrected chi connectivity index (χ3v) is 3.92. The van der Waals surface area contributed by atoms with Gasteiger partial charge in [0.25, 0.3) is 0 Å². The smallest absolute Gasteiger partial charge is 0.325 e. The van der Waals surface area contributed by atoms with Crippen LogP contribution in [0.3, 0.4) is 0 Å². The summed E-state index contributed by atoms with van der Waals surface area (Å²) in [4.78, 5) is 25.4. The molecule has 114 valence electrons. The second kappa shape index (κ2) is 6.54. The van der Waals surface area contributed by atoms with Gasteiger partial charge >= 0.3 is 5.97 Å². The first-order valence-electron chi connectivity index (χ1n) is 7.27. The lowest BCUT2D eigenvalue weighted by molar-refractivity contribution is -0.216. The van der Waals surface area contributed by atoms with Crippen molar-refractivity contribution in [1.29, 1.82) is 0 Å². The number of ether oxygens (including phenoxy) is 3. The Morgan fingerprint density at radius 3 is 2.65 bits per heavy atom.